The first kappa shape index (κ1) is 14.2. The second-order valence-electron chi connectivity index (χ2n) is 4.95. The van der Waals surface area contributed by atoms with E-state index in [4.69, 9.17) is 26.8 Å². The summed E-state index contributed by atoms with van der Waals surface area (Å²) in [5.41, 5.74) is 8.74. The van der Waals surface area contributed by atoms with Gasteiger partial charge in [0, 0.05) is 17.0 Å². The van der Waals surface area contributed by atoms with Crippen molar-refractivity contribution >= 4 is 11.6 Å². The predicted octanol–water partition coefficient (Wildman–Crippen LogP) is 3.47. The van der Waals surface area contributed by atoms with E-state index >= 15 is 0 Å². The highest BCUT2D eigenvalue weighted by atomic mass is 35.5. The van der Waals surface area contributed by atoms with E-state index in [-0.39, 0.29) is 5.75 Å². The van der Waals surface area contributed by atoms with Gasteiger partial charge in [0.2, 0.25) is 0 Å². The maximum Gasteiger partial charge on any atom is 0.165 e. The van der Waals surface area contributed by atoms with Crippen LogP contribution in [0.5, 0.6) is 11.5 Å². The average molecular weight is 308 g/mol. The van der Waals surface area contributed by atoms with Gasteiger partial charge < -0.3 is 15.2 Å². The van der Waals surface area contributed by atoms with Gasteiger partial charge >= 0.3 is 0 Å². The third kappa shape index (κ3) is 2.57. The molecule has 1 unspecified atom stereocenters. The molecule has 0 saturated heterocycles. The Hall–Kier alpha value is -1.78. The number of hydrogen-bond acceptors (Lipinski definition) is 3. The summed E-state index contributed by atoms with van der Waals surface area (Å²) in [4.78, 5) is 0. The molecule has 110 valence electrons. The van der Waals surface area contributed by atoms with Gasteiger partial charge in [-0.05, 0) is 35.4 Å². The highest BCUT2D eigenvalue weighted by Gasteiger charge is 2.23. The van der Waals surface area contributed by atoms with Crippen molar-refractivity contribution in [2.24, 2.45) is 5.73 Å². The van der Waals surface area contributed by atoms with Crippen molar-refractivity contribution < 1.29 is 13.9 Å². The first-order valence-electron chi connectivity index (χ1n) is 6.64. The molecule has 1 aliphatic rings. The molecule has 0 amide bonds. The molecule has 2 aromatic rings. The van der Waals surface area contributed by atoms with E-state index in [9.17, 15) is 4.39 Å². The van der Waals surface area contributed by atoms with Gasteiger partial charge in [-0.2, -0.15) is 0 Å². The number of fused-ring (bicyclic) bond motifs is 1. The van der Waals surface area contributed by atoms with Gasteiger partial charge in [-0.1, -0.05) is 17.7 Å². The number of hydrogen-bond donors (Lipinski definition) is 1. The zero-order chi connectivity index (χ0) is 15.0. The first-order valence-corrected chi connectivity index (χ1v) is 7.02. The molecule has 0 aliphatic carbocycles. The molecule has 5 heteroatoms. The summed E-state index contributed by atoms with van der Waals surface area (Å²) < 4.78 is 24.4. The third-order valence-corrected chi connectivity index (χ3v) is 3.87. The van der Waals surface area contributed by atoms with Gasteiger partial charge in [0.15, 0.2) is 11.6 Å². The van der Waals surface area contributed by atoms with E-state index < -0.39 is 11.9 Å². The van der Waals surface area contributed by atoms with Crippen LogP contribution in [-0.2, 0) is 6.42 Å². The Labute approximate surface area is 127 Å². The lowest BCUT2D eigenvalue weighted by atomic mass is 9.96. The molecule has 21 heavy (non-hydrogen) atoms. The summed E-state index contributed by atoms with van der Waals surface area (Å²) in [5.74, 6) is 0.520. The Morgan fingerprint density at radius 3 is 2.86 bits per heavy atom. The molecule has 3 rings (SSSR count). The summed E-state index contributed by atoms with van der Waals surface area (Å²) in [6, 6.07) is 7.85. The molecule has 0 spiro atoms. The van der Waals surface area contributed by atoms with Gasteiger partial charge in [0.25, 0.3) is 0 Å². The van der Waals surface area contributed by atoms with Crippen molar-refractivity contribution in [3.8, 4) is 11.5 Å². The SMILES string of the molecule is COc1ccc(C(N)c2cc(Cl)cc3c2OCC3)cc1F. The minimum absolute atomic E-state index is 0.193. The lowest BCUT2D eigenvalue weighted by Gasteiger charge is -2.17. The Bertz CT molecular complexity index is 690. The topological polar surface area (TPSA) is 44.5 Å². The van der Waals surface area contributed by atoms with Crippen LogP contribution in [0.25, 0.3) is 0 Å². The summed E-state index contributed by atoms with van der Waals surface area (Å²) in [6.45, 7) is 0.617. The Kier molecular flexibility index (Phi) is 3.74. The van der Waals surface area contributed by atoms with Crippen LogP contribution in [0.1, 0.15) is 22.7 Å². The monoisotopic (exact) mass is 307 g/mol. The van der Waals surface area contributed by atoms with Crippen LogP contribution in [0, 0.1) is 5.82 Å². The second-order valence-corrected chi connectivity index (χ2v) is 5.39. The zero-order valence-corrected chi connectivity index (χ0v) is 12.3. The molecular formula is C16H15ClFNO2. The number of benzene rings is 2. The third-order valence-electron chi connectivity index (χ3n) is 3.65. The van der Waals surface area contributed by atoms with Gasteiger partial charge in [0.1, 0.15) is 5.75 Å². The summed E-state index contributed by atoms with van der Waals surface area (Å²) in [7, 11) is 1.43. The van der Waals surface area contributed by atoms with Crippen molar-refractivity contribution in [3.05, 3.63) is 57.9 Å². The first-order chi connectivity index (χ1) is 10.1. The van der Waals surface area contributed by atoms with Gasteiger partial charge in [-0.3, -0.25) is 0 Å². The summed E-state index contributed by atoms with van der Waals surface area (Å²) >= 11 is 6.13. The largest absolute Gasteiger partial charge is 0.494 e. The number of halogens is 2. The van der Waals surface area contributed by atoms with Gasteiger partial charge in [0.05, 0.1) is 19.8 Å². The van der Waals surface area contributed by atoms with E-state index in [0.717, 1.165) is 23.3 Å². The molecule has 2 aromatic carbocycles. The molecule has 1 aliphatic heterocycles. The maximum atomic E-state index is 13.8. The lowest BCUT2D eigenvalue weighted by molar-refractivity contribution is 0.352. The molecule has 0 saturated carbocycles. The van der Waals surface area contributed by atoms with Crippen molar-refractivity contribution in [2.75, 3.05) is 13.7 Å². The maximum absolute atomic E-state index is 13.8. The standard InChI is InChI=1S/C16H15ClFNO2/c1-20-14-3-2-9(7-13(14)18)15(19)12-8-11(17)6-10-4-5-21-16(10)12/h2-3,6-8,15H,4-5,19H2,1H3. The normalized spacial score (nSPS) is 14.5. The average Bonchev–Trinajstić information content (AvgIpc) is 2.93. The van der Waals surface area contributed by atoms with Crippen molar-refractivity contribution in [3.63, 3.8) is 0 Å². The molecule has 0 radical (unpaired) electrons. The summed E-state index contributed by atoms with van der Waals surface area (Å²) in [6.07, 6.45) is 0.812. The molecule has 3 nitrogen and oxygen atoms in total. The number of nitrogens with two attached hydrogens (primary N) is 1. The van der Waals surface area contributed by atoms with E-state index in [0.29, 0.717) is 17.2 Å². The second kappa shape index (κ2) is 5.54. The van der Waals surface area contributed by atoms with Crippen molar-refractivity contribution in [1.82, 2.24) is 0 Å². The zero-order valence-electron chi connectivity index (χ0n) is 11.5. The van der Waals surface area contributed by atoms with E-state index in [2.05, 4.69) is 0 Å². The van der Waals surface area contributed by atoms with Crippen LogP contribution < -0.4 is 15.2 Å². The van der Waals surface area contributed by atoms with Gasteiger partial charge in [-0.15, -0.1) is 0 Å². The Morgan fingerprint density at radius 1 is 1.33 bits per heavy atom. The van der Waals surface area contributed by atoms with Crippen LogP contribution >= 0.6 is 11.6 Å². The van der Waals surface area contributed by atoms with Crippen LogP contribution in [0.4, 0.5) is 4.39 Å². The van der Waals surface area contributed by atoms with E-state index in [1.54, 1.807) is 18.2 Å². The Morgan fingerprint density at radius 2 is 2.14 bits per heavy atom. The fraction of sp³-hybridized carbons (Fsp3) is 0.250. The molecular weight excluding hydrogens is 293 g/mol. The smallest absolute Gasteiger partial charge is 0.165 e. The molecule has 1 atom stereocenters. The van der Waals surface area contributed by atoms with Crippen LogP contribution in [0.2, 0.25) is 5.02 Å². The highest BCUT2D eigenvalue weighted by Crippen LogP contribution is 2.38. The molecule has 1 heterocycles. The lowest BCUT2D eigenvalue weighted by Crippen LogP contribution is -2.13. The fourth-order valence-corrected chi connectivity index (χ4v) is 2.83. The van der Waals surface area contributed by atoms with Crippen molar-refractivity contribution in [1.29, 1.82) is 0 Å². The minimum Gasteiger partial charge on any atom is -0.494 e. The van der Waals surface area contributed by atoms with Gasteiger partial charge in [-0.25, -0.2) is 4.39 Å². The number of rotatable bonds is 3. The van der Waals surface area contributed by atoms with E-state index in [1.165, 1.54) is 13.2 Å². The number of methoxy groups -OCH3 is 1. The Balaban J connectivity index is 2.03. The minimum atomic E-state index is -0.504. The van der Waals surface area contributed by atoms with Crippen molar-refractivity contribution in [2.45, 2.75) is 12.5 Å². The quantitative estimate of drug-likeness (QED) is 0.944. The number of ether oxygens (including phenoxy) is 2. The molecule has 0 bridgehead atoms. The van der Waals surface area contributed by atoms with Crippen LogP contribution in [0.15, 0.2) is 30.3 Å². The van der Waals surface area contributed by atoms with Crippen LogP contribution in [-0.4, -0.2) is 13.7 Å². The molecule has 0 aromatic heterocycles. The fourth-order valence-electron chi connectivity index (χ4n) is 2.58. The molecule has 2 N–H and O–H groups in total. The predicted molar refractivity (Wildman–Crippen MR) is 79.6 cm³/mol. The molecule has 0 fully saturated rings. The highest BCUT2D eigenvalue weighted by molar-refractivity contribution is 6.30. The van der Waals surface area contributed by atoms with Crippen LogP contribution in [0.3, 0.4) is 0 Å². The summed E-state index contributed by atoms with van der Waals surface area (Å²) in [5, 5.41) is 0.610. The van der Waals surface area contributed by atoms with E-state index in [1.807, 2.05) is 6.07 Å².